The Morgan fingerprint density at radius 1 is 1.33 bits per heavy atom. The van der Waals surface area contributed by atoms with Gasteiger partial charge in [0.25, 0.3) is 5.69 Å². The fourth-order valence-corrected chi connectivity index (χ4v) is 1.34. The van der Waals surface area contributed by atoms with E-state index in [1.54, 1.807) is 12.1 Å². The molecule has 2 N–H and O–H groups in total. The molecule has 1 aromatic carbocycles. The van der Waals surface area contributed by atoms with Crippen molar-refractivity contribution in [2.75, 3.05) is 6.54 Å². The minimum absolute atomic E-state index is 0.155. The number of benzene rings is 1. The van der Waals surface area contributed by atoms with Crippen LogP contribution in [0, 0.1) is 16.0 Å². The van der Waals surface area contributed by atoms with Gasteiger partial charge in [0.1, 0.15) is 6.54 Å². The summed E-state index contributed by atoms with van der Waals surface area (Å²) >= 11 is 0. The average Bonchev–Trinajstić information content (AvgIpc) is 2.18. The van der Waals surface area contributed by atoms with Gasteiger partial charge in [-0.05, 0) is 12.1 Å². The van der Waals surface area contributed by atoms with Crippen LogP contribution in [-0.2, 0) is 6.54 Å². The maximum absolute atomic E-state index is 10.4. The smallest absolute Gasteiger partial charge is 0.269 e. The van der Waals surface area contributed by atoms with E-state index in [2.05, 4.69) is 19.2 Å². The number of hydrogen-bond donors (Lipinski definition) is 1. The summed E-state index contributed by atoms with van der Waals surface area (Å²) in [6, 6.07) is 6.74. The second kappa shape index (κ2) is 5.46. The lowest BCUT2D eigenvalue weighted by Crippen LogP contribution is -2.83. The van der Waals surface area contributed by atoms with Gasteiger partial charge in [0.2, 0.25) is 0 Å². The molecular formula is C11H17N2O2+. The fraction of sp³-hybridized carbons (Fsp3) is 0.455. The first-order valence-electron chi connectivity index (χ1n) is 5.14. The summed E-state index contributed by atoms with van der Waals surface area (Å²) in [5.41, 5.74) is 1.28. The molecule has 0 fully saturated rings. The molecule has 0 amide bonds. The minimum Gasteiger partial charge on any atom is -0.342 e. The highest BCUT2D eigenvalue weighted by Gasteiger charge is 2.04. The van der Waals surface area contributed by atoms with Gasteiger partial charge in [0.15, 0.2) is 0 Å². The Balaban J connectivity index is 2.46. The molecule has 0 saturated carbocycles. The maximum atomic E-state index is 10.4. The summed E-state index contributed by atoms with van der Waals surface area (Å²) in [6.45, 7) is 6.31. The van der Waals surface area contributed by atoms with E-state index in [4.69, 9.17) is 0 Å². The molecule has 15 heavy (non-hydrogen) atoms. The van der Waals surface area contributed by atoms with E-state index in [1.807, 2.05) is 12.1 Å². The molecule has 0 heterocycles. The van der Waals surface area contributed by atoms with E-state index in [1.165, 1.54) is 0 Å². The Morgan fingerprint density at radius 3 is 2.40 bits per heavy atom. The number of nitrogens with two attached hydrogens (primary N) is 1. The molecule has 0 saturated heterocycles. The van der Waals surface area contributed by atoms with Crippen molar-refractivity contribution < 1.29 is 10.2 Å². The van der Waals surface area contributed by atoms with Gasteiger partial charge in [0, 0.05) is 23.6 Å². The van der Waals surface area contributed by atoms with Crippen LogP contribution in [0.15, 0.2) is 24.3 Å². The molecule has 0 bridgehead atoms. The monoisotopic (exact) mass is 209 g/mol. The largest absolute Gasteiger partial charge is 0.342 e. The van der Waals surface area contributed by atoms with Crippen LogP contribution < -0.4 is 5.32 Å². The van der Waals surface area contributed by atoms with Crippen LogP contribution in [0.4, 0.5) is 5.69 Å². The molecule has 4 heteroatoms. The molecule has 0 spiro atoms. The van der Waals surface area contributed by atoms with Gasteiger partial charge < -0.3 is 5.32 Å². The SMILES string of the molecule is CC(C)C[NH2+]Cc1ccc([N+](=O)[O-])cc1. The Bertz CT molecular complexity index is 320. The van der Waals surface area contributed by atoms with Crippen LogP contribution in [0.2, 0.25) is 0 Å². The number of nitrogens with zero attached hydrogens (tertiary/aromatic N) is 1. The Labute approximate surface area is 89.5 Å². The number of rotatable bonds is 5. The van der Waals surface area contributed by atoms with E-state index >= 15 is 0 Å². The Kier molecular flexibility index (Phi) is 4.24. The van der Waals surface area contributed by atoms with E-state index in [9.17, 15) is 10.1 Å². The van der Waals surface area contributed by atoms with E-state index in [-0.39, 0.29) is 10.6 Å². The summed E-state index contributed by atoms with van der Waals surface area (Å²) in [7, 11) is 0. The summed E-state index contributed by atoms with van der Waals surface area (Å²) in [5.74, 6) is 0.669. The summed E-state index contributed by atoms with van der Waals surface area (Å²) in [4.78, 5) is 10.0. The molecule has 0 atom stereocenters. The number of quaternary nitrogens is 1. The summed E-state index contributed by atoms with van der Waals surface area (Å²) < 4.78 is 0. The first kappa shape index (κ1) is 11.7. The fourth-order valence-electron chi connectivity index (χ4n) is 1.34. The molecule has 0 unspecified atom stereocenters. The molecule has 4 nitrogen and oxygen atoms in total. The highest BCUT2D eigenvalue weighted by Crippen LogP contribution is 2.10. The van der Waals surface area contributed by atoms with Gasteiger partial charge in [-0.15, -0.1) is 0 Å². The second-order valence-corrected chi connectivity index (χ2v) is 4.05. The van der Waals surface area contributed by atoms with Gasteiger partial charge in [-0.3, -0.25) is 10.1 Å². The molecule has 0 aliphatic carbocycles. The third-order valence-corrected chi connectivity index (χ3v) is 2.17. The van der Waals surface area contributed by atoms with Crippen LogP contribution in [0.1, 0.15) is 19.4 Å². The minimum atomic E-state index is -0.373. The third-order valence-electron chi connectivity index (χ3n) is 2.17. The Morgan fingerprint density at radius 2 is 1.93 bits per heavy atom. The Hall–Kier alpha value is -1.42. The van der Waals surface area contributed by atoms with Crippen LogP contribution in [0.3, 0.4) is 0 Å². The van der Waals surface area contributed by atoms with Crippen molar-refractivity contribution in [2.45, 2.75) is 20.4 Å². The van der Waals surface area contributed by atoms with Gasteiger partial charge in [-0.1, -0.05) is 13.8 Å². The maximum Gasteiger partial charge on any atom is 0.269 e. The molecular weight excluding hydrogens is 192 g/mol. The number of nitro groups is 1. The number of non-ortho nitro benzene ring substituents is 1. The highest BCUT2D eigenvalue weighted by atomic mass is 16.6. The van der Waals surface area contributed by atoms with Crippen molar-refractivity contribution in [1.29, 1.82) is 0 Å². The quantitative estimate of drug-likeness (QED) is 0.587. The zero-order valence-electron chi connectivity index (χ0n) is 9.14. The van der Waals surface area contributed by atoms with Crippen molar-refractivity contribution in [1.82, 2.24) is 0 Å². The van der Waals surface area contributed by atoms with Crippen molar-refractivity contribution in [3.63, 3.8) is 0 Å². The normalized spacial score (nSPS) is 10.6. The number of hydrogen-bond acceptors (Lipinski definition) is 2. The molecule has 1 rings (SSSR count). The van der Waals surface area contributed by atoms with E-state index < -0.39 is 0 Å². The van der Waals surface area contributed by atoms with Gasteiger partial charge in [-0.25, -0.2) is 0 Å². The van der Waals surface area contributed by atoms with Crippen molar-refractivity contribution >= 4 is 5.69 Å². The first-order valence-corrected chi connectivity index (χ1v) is 5.14. The lowest BCUT2D eigenvalue weighted by Gasteiger charge is -2.03. The first-order chi connectivity index (χ1) is 7.09. The van der Waals surface area contributed by atoms with Crippen LogP contribution in [0.5, 0.6) is 0 Å². The van der Waals surface area contributed by atoms with Crippen LogP contribution in [0.25, 0.3) is 0 Å². The predicted molar refractivity (Wildman–Crippen MR) is 58.4 cm³/mol. The summed E-state index contributed by atoms with van der Waals surface area (Å²) in [5, 5.41) is 12.6. The molecule has 0 aliphatic heterocycles. The van der Waals surface area contributed by atoms with Crippen molar-refractivity contribution in [3.8, 4) is 0 Å². The predicted octanol–water partition coefficient (Wildman–Crippen LogP) is 1.31. The summed E-state index contributed by atoms with van der Waals surface area (Å²) in [6.07, 6.45) is 0. The zero-order chi connectivity index (χ0) is 11.3. The van der Waals surface area contributed by atoms with Crippen LogP contribution >= 0.6 is 0 Å². The molecule has 1 aromatic rings. The lowest BCUT2D eigenvalue weighted by molar-refractivity contribution is -0.675. The van der Waals surface area contributed by atoms with Crippen LogP contribution in [-0.4, -0.2) is 11.5 Å². The van der Waals surface area contributed by atoms with Gasteiger partial charge in [0.05, 0.1) is 11.5 Å². The second-order valence-electron chi connectivity index (χ2n) is 4.05. The molecule has 82 valence electrons. The topological polar surface area (TPSA) is 59.8 Å². The molecule has 0 radical (unpaired) electrons. The van der Waals surface area contributed by atoms with Crippen molar-refractivity contribution in [2.24, 2.45) is 5.92 Å². The average molecular weight is 209 g/mol. The zero-order valence-corrected chi connectivity index (χ0v) is 9.14. The van der Waals surface area contributed by atoms with Gasteiger partial charge >= 0.3 is 0 Å². The highest BCUT2D eigenvalue weighted by molar-refractivity contribution is 5.32. The molecule has 0 aliphatic rings. The van der Waals surface area contributed by atoms with E-state index in [0.717, 1.165) is 18.7 Å². The molecule has 0 aromatic heterocycles. The van der Waals surface area contributed by atoms with E-state index in [0.29, 0.717) is 5.92 Å². The standard InChI is InChI=1S/C11H16N2O2/c1-9(2)7-12-8-10-3-5-11(6-4-10)13(14)15/h3-6,9,12H,7-8H2,1-2H3/p+1. The van der Waals surface area contributed by atoms with Gasteiger partial charge in [-0.2, -0.15) is 0 Å². The number of nitro benzene ring substituents is 1. The lowest BCUT2D eigenvalue weighted by atomic mass is 10.2. The third kappa shape index (κ3) is 4.08. The van der Waals surface area contributed by atoms with Crippen molar-refractivity contribution in [3.05, 3.63) is 39.9 Å².